The summed E-state index contributed by atoms with van der Waals surface area (Å²) in [6, 6.07) is 29.8. The van der Waals surface area contributed by atoms with Gasteiger partial charge in [0.05, 0.1) is 13.2 Å². The fourth-order valence-corrected chi connectivity index (χ4v) is 5.94. The second-order valence-electron chi connectivity index (χ2n) is 10.9. The smallest absolute Gasteiger partial charge is 0.252 e. The summed E-state index contributed by atoms with van der Waals surface area (Å²) < 4.78 is 19.0. The number of halogens is 1. The van der Waals surface area contributed by atoms with Crippen molar-refractivity contribution in [3.8, 4) is 11.5 Å². The fourth-order valence-electron chi connectivity index (χ4n) is 5.51. The van der Waals surface area contributed by atoms with E-state index in [0.717, 1.165) is 21.3 Å². The molecular formula is C36H36BrN5O5. The maximum atomic E-state index is 14.6. The molecule has 2 atom stereocenters. The van der Waals surface area contributed by atoms with E-state index in [1.807, 2.05) is 73.7 Å². The predicted octanol–water partition coefficient (Wildman–Crippen LogP) is 7.41. The van der Waals surface area contributed by atoms with Crippen molar-refractivity contribution < 1.29 is 24.1 Å². The van der Waals surface area contributed by atoms with Crippen LogP contribution in [0.25, 0.3) is 10.4 Å². The van der Waals surface area contributed by atoms with Gasteiger partial charge in [0.1, 0.15) is 11.5 Å². The molecule has 47 heavy (non-hydrogen) atoms. The first-order chi connectivity index (χ1) is 23.0. The Morgan fingerprint density at radius 3 is 2.49 bits per heavy atom. The van der Waals surface area contributed by atoms with E-state index in [1.165, 1.54) is 0 Å². The average molecular weight is 699 g/mol. The number of carbonyl (C=O) groups excluding carboxylic acids is 1. The molecule has 0 saturated carbocycles. The molecule has 1 amide bonds. The molecule has 0 spiro atoms. The van der Waals surface area contributed by atoms with Gasteiger partial charge in [0.15, 0.2) is 11.6 Å². The highest BCUT2D eigenvalue weighted by molar-refractivity contribution is 9.10. The van der Waals surface area contributed by atoms with Gasteiger partial charge >= 0.3 is 0 Å². The van der Waals surface area contributed by atoms with Gasteiger partial charge in [0.25, 0.3) is 5.91 Å². The molecule has 10 nitrogen and oxygen atoms in total. The molecular weight excluding hydrogens is 662 g/mol. The molecule has 1 heterocycles. The number of benzene rings is 4. The SMILES string of the molecule is CCOc1ccccc1CCNC(=O)[C@]1(Cc2ccccc2Br)N=C(c2ccc(OCCCO)cc2)O[C@@H]1c1ccccc1N=[N+]=[N-]. The van der Waals surface area contributed by atoms with Crippen molar-refractivity contribution in [3.05, 3.63) is 134 Å². The molecule has 0 aromatic heterocycles. The summed E-state index contributed by atoms with van der Waals surface area (Å²) >= 11 is 3.66. The minimum Gasteiger partial charge on any atom is -0.494 e. The van der Waals surface area contributed by atoms with Crippen LogP contribution in [0.2, 0.25) is 0 Å². The van der Waals surface area contributed by atoms with Gasteiger partial charge in [-0.25, -0.2) is 4.99 Å². The molecule has 1 aliphatic rings. The molecule has 0 unspecified atom stereocenters. The Morgan fingerprint density at radius 2 is 1.74 bits per heavy atom. The van der Waals surface area contributed by atoms with Crippen molar-refractivity contribution in [2.45, 2.75) is 37.8 Å². The molecule has 0 aliphatic carbocycles. The van der Waals surface area contributed by atoms with Gasteiger partial charge in [-0.3, -0.25) is 4.79 Å². The fraction of sp³-hybridized carbons (Fsp3) is 0.278. The van der Waals surface area contributed by atoms with Gasteiger partial charge in [-0.05, 0) is 66.4 Å². The van der Waals surface area contributed by atoms with Crippen molar-refractivity contribution in [3.63, 3.8) is 0 Å². The number of para-hydroxylation sites is 1. The summed E-state index contributed by atoms with van der Waals surface area (Å²) in [6.07, 6.45) is 0.329. The largest absolute Gasteiger partial charge is 0.494 e. The third-order valence-electron chi connectivity index (χ3n) is 7.77. The summed E-state index contributed by atoms with van der Waals surface area (Å²) in [7, 11) is 0. The highest BCUT2D eigenvalue weighted by Crippen LogP contribution is 2.46. The number of hydrogen-bond donors (Lipinski definition) is 2. The van der Waals surface area contributed by atoms with Gasteiger partial charge in [-0.15, -0.1) is 0 Å². The molecule has 0 radical (unpaired) electrons. The Morgan fingerprint density at radius 1 is 1.02 bits per heavy atom. The summed E-state index contributed by atoms with van der Waals surface area (Å²) in [4.78, 5) is 22.8. The van der Waals surface area contributed by atoms with E-state index in [4.69, 9.17) is 24.3 Å². The van der Waals surface area contributed by atoms with Gasteiger partial charge in [-0.1, -0.05) is 81.7 Å². The number of nitrogens with zero attached hydrogens (tertiary/aromatic N) is 4. The maximum Gasteiger partial charge on any atom is 0.252 e. The topological polar surface area (TPSA) is 138 Å². The summed E-state index contributed by atoms with van der Waals surface area (Å²) in [5.41, 5.74) is 11.3. The molecule has 0 fully saturated rings. The summed E-state index contributed by atoms with van der Waals surface area (Å²) in [5.74, 6) is 1.36. The zero-order chi connectivity index (χ0) is 33.1. The lowest BCUT2D eigenvalue weighted by atomic mass is 9.81. The van der Waals surface area contributed by atoms with Crippen LogP contribution in [0.5, 0.6) is 11.5 Å². The van der Waals surface area contributed by atoms with Crippen LogP contribution in [0.1, 0.15) is 41.7 Å². The normalized spacial score (nSPS) is 16.8. The third kappa shape index (κ3) is 7.94. The molecule has 5 rings (SSSR count). The van der Waals surface area contributed by atoms with E-state index in [9.17, 15) is 10.3 Å². The molecule has 0 saturated heterocycles. The lowest BCUT2D eigenvalue weighted by Gasteiger charge is -2.31. The summed E-state index contributed by atoms with van der Waals surface area (Å²) in [5, 5.41) is 16.2. The lowest BCUT2D eigenvalue weighted by Crippen LogP contribution is -2.50. The van der Waals surface area contributed by atoms with E-state index in [0.29, 0.717) is 55.2 Å². The molecule has 11 heteroatoms. The Labute approximate surface area is 282 Å². The number of carbonyl (C=O) groups is 1. The van der Waals surface area contributed by atoms with Crippen LogP contribution >= 0.6 is 15.9 Å². The average Bonchev–Trinajstić information content (AvgIpc) is 3.48. The van der Waals surface area contributed by atoms with E-state index >= 15 is 0 Å². The number of aliphatic hydroxyl groups excluding tert-OH is 1. The molecule has 2 N–H and O–H groups in total. The van der Waals surface area contributed by atoms with Crippen molar-refractivity contribution >= 4 is 33.4 Å². The molecule has 0 bridgehead atoms. The van der Waals surface area contributed by atoms with E-state index in [1.54, 1.807) is 30.3 Å². The molecule has 4 aromatic rings. The van der Waals surface area contributed by atoms with Crippen LogP contribution in [-0.4, -0.2) is 48.8 Å². The number of ether oxygens (including phenoxy) is 3. The third-order valence-corrected chi connectivity index (χ3v) is 8.55. The minimum atomic E-state index is -1.48. The minimum absolute atomic E-state index is 0.0438. The first-order valence-electron chi connectivity index (χ1n) is 15.5. The van der Waals surface area contributed by atoms with Crippen molar-refractivity contribution in [1.82, 2.24) is 5.32 Å². The van der Waals surface area contributed by atoms with Crippen LogP contribution in [-0.2, 0) is 22.4 Å². The number of amides is 1. The van der Waals surface area contributed by atoms with Gasteiger partial charge in [0, 0.05) is 52.2 Å². The Balaban J connectivity index is 1.56. The van der Waals surface area contributed by atoms with Crippen LogP contribution in [0.3, 0.4) is 0 Å². The molecule has 1 aliphatic heterocycles. The second kappa shape index (κ2) is 16.1. The monoisotopic (exact) mass is 697 g/mol. The highest BCUT2D eigenvalue weighted by Gasteiger charge is 2.54. The van der Waals surface area contributed by atoms with Gasteiger partial charge in [-0.2, -0.15) is 0 Å². The van der Waals surface area contributed by atoms with Crippen LogP contribution in [0.15, 0.2) is 112 Å². The zero-order valence-electron chi connectivity index (χ0n) is 26.0. The van der Waals surface area contributed by atoms with Crippen LogP contribution in [0.4, 0.5) is 5.69 Å². The zero-order valence-corrected chi connectivity index (χ0v) is 27.6. The summed E-state index contributed by atoms with van der Waals surface area (Å²) in [6.45, 7) is 3.23. The van der Waals surface area contributed by atoms with E-state index in [2.05, 4.69) is 31.3 Å². The predicted molar refractivity (Wildman–Crippen MR) is 184 cm³/mol. The van der Waals surface area contributed by atoms with Gasteiger partial charge in [0.2, 0.25) is 5.90 Å². The number of nitrogens with one attached hydrogen (secondary N) is 1. The van der Waals surface area contributed by atoms with Gasteiger partial charge < -0.3 is 24.6 Å². The first-order valence-corrected chi connectivity index (χ1v) is 16.3. The molecule has 4 aromatic carbocycles. The number of aliphatic hydroxyl groups is 1. The number of rotatable bonds is 15. The first kappa shape index (κ1) is 33.5. The van der Waals surface area contributed by atoms with E-state index < -0.39 is 11.6 Å². The second-order valence-corrected chi connectivity index (χ2v) is 11.7. The number of azide groups is 1. The van der Waals surface area contributed by atoms with Crippen molar-refractivity contribution in [2.75, 3.05) is 26.4 Å². The molecule has 242 valence electrons. The Hall–Kier alpha value is -4.83. The van der Waals surface area contributed by atoms with Crippen molar-refractivity contribution in [2.24, 2.45) is 10.1 Å². The lowest BCUT2D eigenvalue weighted by molar-refractivity contribution is -0.128. The highest BCUT2D eigenvalue weighted by atomic mass is 79.9. The number of hydrogen-bond acceptors (Lipinski definition) is 7. The van der Waals surface area contributed by atoms with Crippen LogP contribution in [0, 0.1) is 0 Å². The van der Waals surface area contributed by atoms with Crippen molar-refractivity contribution in [1.29, 1.82) is 0 Å². The number of aliphatic imine (C=N–C) groups is 1. The maximum absolute atomic E-state index is 14.6. The Bertz CT molecular complexity index is 1760. The quantitative estimate of drug-likeness (QED) is 0.0577. The van der Waals surface area contributed by atoms with Crippen LogP contribution < -0.4 is 14.8 Å². The Kier molecular flexibility index (Phi) is 11.5. The van der Waals surface area contributed by atoms with E-state index in [-0.39, 0.29) is 24.8 Å². The standard InChI is InChI=1S/C36H36BrN5O5/c1-2-45-32-15-8-4-10-25(32)20-21-39-35(44)36(24-27-11-3-6-13-30(27)37)33(29-12-5-7-14-31(29)41-42-38)47-34(40-36)26-16-18-28(19-17-26)46-23-9-22-43/h3-8,10-19,33,43H,2,9,20-24H2,1H3,(H,39,44)/t33-,36-/m1/s1.